The highest BCUT2D eigenvalue weighted by molar-refractivity contribution is 6.90. The second-order valence-corrected chi connectivity index (χ2v) is 15.3. The van der Waals surface area contributed by atoms with Crippen molar-refractivity contribution in [2.75, 3.05) is 0 Å². The Morgan fingerprint density at radius 1 is 0.844 bits per heavy atom. The fraction of sp³-hybridized carbons (Fsp3) is 0.379. The molecule has 0 heterocycles. The first kappa shape index (κ1) is 23.6. The zero-order valence-corrected chi connectivity index (χ0v) is 21.0. The Morgan fingerprint density at radius 3 is 1.97 bits per heavy atom. The molecular weight excluding hydrogens is 404 g/mol. The highest BCUT2D eigenvalue weighted by atomic mass is 28.3. The molecule has 3 heteroatoms. The molecule has 32 heavy (non-hydrogen) atoms. The van der Waals surface area contributed by atoms with Gasteiger partial charge in [-0.2, -0.15) is 10.5 Å². The third kappa shape index (κ3) is 3.81. The van der Waals surface area contributed by atoms with E-state index in [-0.39, 0.29) is 5.92 Å². The lowest BCUT2D eigenvalue weighted by atomic mass is 9.73. The summed E-state index contributed by atoms with van der Waals surface area (Å²) in [6.45, 7) is 13.9. The lowest BCUT2D eigenvalue weighted by molar-refractivity contribution is 0.578. The topological polar surface area (TPSA) is 47.6 Å². The van der Waals surface area contributed by atoms with Crippen molar-refractivity contribution >= 4 is 13.6 Å². The molecule has 0 aliphatic heterocycles. The standard InChI is InChI=1S/C29H32N2Si/c1-21(2)32(22(3)4,23(5)6)17-16-24-12-14-25(15-13-24)28-18-26-10-8-7-9-11-27(26)29(28,19-30)20-31/h7-15,18,21-23,27H,1-6H3. The predicted molar refractivity (Wildman–Crippen MR) is 136 cm³/mol. The largest absolute Gasteiger partial charge is 0.196 e. The lowest BCUT2D eigenvalue weighted by Gasteiger charge is -2.38. The maximum absolute atomic E-state index is 10.1. The minimum atomic E-state index is -1.79. The summed E-state index contributed by atoms with van der Waals surface area (Å²) in [7, 11) is -1.79. The average Bonchev–Trinajstić information content (AvgIpc) is 2.89. The third-order valence-corrected chi connectivity index (χ3v) is 13.5. The molecule has 0 saturated heterocycles. The molecule has 0 spiro atoms. The van der Waals surface area contributed by atoms with Gasteiger partial charge in [0.1, 0.15) is 8.07 Å². The van der Waals surface area contributed by atoms with Gasteiger partial charge in [-0.1, -0.05) is 96.1 Å². The van der Waals surface area contributed by atoms with Gasteiger partial charge in [0.2, 0.25) is 0 Å². The fourth-order valence-electron chi connectivity index (χ4n) is 5.54. The van der Waals surface area contributed by atoms with Gasteiger partial charge in [0, 0.05) is 11.5 Å². The third-order valence-electron chi connectivity index (χ3n) is 7.21. The van der Waals surface area contributed by atoms with Crippen LogP contribution in [0.3, 0.4) is 0 Å². The molecule has 2 aliphatic rings. The number of allylic oxidation sites excluding steroid dienone is 8. The first-order chi connectivity index (χ1) is 15.2. The van der Waals surface area contributed by atoms with Crippen LogP contribution >= 0.6 is 0 Å². The van der Waals surface area contributed by atoms with Crippen molar-refractivity contribution in [1.82, 2.24) is 0 Å². The van der Waals surface area contributed by atoms with Gasteiger partial charge in [-0.15, -0.1) is 5.54 Å². The lowest BCUT2D eigenvalue weighted by Crippen LogP contribution is -2.43. The molecule has 1 aromatic rings. The van der Waals surface area contributed by atoms with Crippen molar-refractivity contribution in [3.63, 3.8) is 0 Å². The van der Waals surface area contributed by atoms with E-state index in [0.717, 1.165) is 22.3 Å². The molecule has 0 radical (unpaired) electrons. The summed E-state index contributed by atoms with van der Waals surface area (Å²) >= 11 is 0. The number of benzene rings is 1. The summed E-state index contributed by atoms with van der Waals surface area (Å²) in [5.74, 6) is 3.23. The summed E-state index contributed by atoms with van der Waals surface area (Å²) < 4.78 is 0. The van der Waals surface area contributed by atoms with Gasteiger partial charge >= 0.3 is 0 Å². The van der Waals surface area contributed by atoms with Gasteiger partial charge in [-0.05, 0) is 45.5 Å². The molecule has 0 N–H and O–H groups in total. The Labute approximate surface area is 194 Å². The second-order valence-electron chi connectivity index (χ2n) is 9.73. The molecule has 162 valence electrons. The molecule has 1 unspecified atom stereocenters. The van der Waals surface area contributed by atoms with Crippen LogP contribution in [0.4, 0.5) is 0 Å². The van der Waals surface area contributed by atoms with E-state index in [1.54, 1.807) is 0 Å². The average molecular weight is 437 g/mol. The second kappa shape index (κ2) is 9.20. The Kier molecular flexibility index (Phi) is 6.78. The molecule has 1 atom stereocenters. The van der Waals surface area contributed by atoms with E-state index in [0.29, 0.717) is 16.6 Å². The van der Waals surface area contributed by atoms with Crippen LogP contribution in [-0.2, 0) is 0 Å². The minimum Gasteiger partial charge on any atom is -0.196 e. The first-order valence-corrected chi connectivity index (χ1v) is 13.7. The summed E-state index contributed by atoms with van der Waals surface area (Å²) in [4.78, 5) is 0. The van der Waals surface area contributed by atoms with Gasteiger partial charge in [-0.25, -0.2) is 0 Å². The molecule has 0 bridgehead atoms. The van der Waals surface area contributed by atoms with E-state index in [2.05, 4.69) is 65.1 Å². The fourth-order valence-corrected chi connectivity index (χ4v) is 10.8. The number of nitriles is 2. The zero-order chi connectivity index (χ0) is 23.5. The molecule has 2 aliphatic carbocycles. The normalized spacial score (nSPS) is 18.9. The van der Waals surface area contributed by atoms with Gasteiger partial charge in [-0.3, -0.25) is 0 Å². The Bertz CT molecular complexity index is 1100. The smallest absolute Gasteiger partial charge is 0.179 e. The number of hydrogen-bond donors (Lipinski definition) is 0. The SMILES string of the molecule is CC(C)[Si](C#Cc1ccc(C2=CC3=CC=CC=CC3C2(C#N)C#N)cc1)(C(C)C)C(C)C. The Balaban J connectivity index is 2.01. The predicted octanol–water partition coefficient (Wildman–Crippen LogP) is 7.36. The van der Waals surface area contributed by atoms with Gasteiger partial charge in [0.25, 0.3) is 0 Å². The monoisotopic (exact) mass is 436 g/mol. The highest BCUT2D eigenvalue weighted by Crippen LogP contribution is 2.51. The van der Waals surface area contributed by atoms with E-state index < -0.39 is 13.5 Å². The Morgan fingerprint density at radius 2 is 1.44 bits per heavy atom. The zero-order valence-electron chi connectivity index (χ0n) is 20.0. The van der Waals surface area contributed by atoms with E-state index in [4.69, 9.17) is 0 Å². The summed E-state index contributed by atoms with van der Waals surface area (Å²) in [5, 5.41) is 20.1. The molecule has 0 amide bonds. The van der Waals surface area contributed by atoms with Crippen LogP contribution in [0, 0.1) is 45.5 Å². The minimum absolute atomic E-state index is 0.253. The number of rotatable bonds is 4. The van der Waals surface area contributed by atoms with Crippen molar-refractivity contribution < 1.29 is 0 Å². The molecule has 0 aromatic heterocycles. The molecule has 0 saturated carbocycles. The van der Waals surface area contributed by atoms with Crippen LogP contribution in [0.1, 0.15) is 52.7 Å². The molecular formula is C29H32N2Si. The van der Waals surface area contributed by atoms with Gasteiger partial charge in [0.15, 0.2) is 5.41 Å². The van der Waals surface area contributed by atoms with Gasteiger partial charge in [0.05, 0.1) is 12.1 Å². The van der Waals surface area contributed by atoms with Crippen molar-refractivity contribution in [2.45, 2.75) is 58.2 Å². The van der Waals surface area contributed by atoms with Crippen molar-refractivity contribution in [1.29, 1.82) is 10.5 Å². The maximum Gasteiger partial charge on any atom is 0.179 e. The Hall–Kier alpha value is -3.06. The van der Waals surface area contributed by atoms with E-state index in [1.807, 2.05) is 60.7 Å². The molecule has 0 fully saturated rings. The molecule has 1 aromatic carbocycles. The van der Waals surface area contributed by atoms with Crippen LogP contribution < -0.4 is 0 Å². The quantitative estimate of drug-likeness (QED) is 0.366. The summed E-state index contributed by atoms with van der Waals surface area (Å²) in [6, 6.07) is 12.7. The maximum atomic E-state index is 10.1. The van der Waals surface area contributed by atoms with E-state index in [1.165, 1.54) is 0 Å². The first-order valence-electron chi connectivity index (χ1n) is 11.5. The van der Waals surface area contributed by atoms with Crippen LogP contribution in [0.5, 0.6) is 0 Å². The van der Waals surface area contributed by atoms with Crippen LogP contribution in [-0.4, -0.2) is 8.07 Å². The van der Waals surface area contributed by atoms with E-state index >= 15 is 0 Å². The van der Waals surface area contributed by atoms with Crippen LogP contribution in [0.2, 0.25) is 16.6 Å². The highest BCUT2D eigenvalue weighted by Gasteiger charge is 2.48. The van der Waals surface area contributed by atoms with E-state index in [9.17, 15) is 10.5 Å². The number of hydrogen-bond acceptors (Lipinski definition) is 2. The van der Waals surface area contributed by atoms with Crippen molar-refractivity contribution in [3.05, 3.63) is 77.4 Å². The number of nitrogens with zero attached hydrogens (tertiary/aromatic N) is 2. The summed E-state index contributed by atoms with van der Waals surface area (Å²) in [5.41, 5.74) is 7.99. The summed E-state index contributed by atoms with van der Waals surface area (Å²) in [6.07, 6.45) is 11.8. The van der Waals surface area contributed by atoms with Crippen LogP contribution in [0.15, 0.2) is 66.3 Å². The number of fused-ring (bicyclic) bond motifs is 1. The molecule has 3 rings (SSSR count). The van der Waals surface area contributed by atoms with Crippen LogP contribution in [0.25, 0.3) is 5.57 Å². The van der Waals surface area contributed by atoms with Gasteiger partial charge < -0.3 is 0 Å². The van der Waals surface area contributed by atoms with Crippen molar-refractivity contribution in [2.24, 2.45) is 11.3 Å². The molecule has 2 nitrogen and oxygen atoms in total. The van der Waals surface area contributed by atoms with Crippen molar-refractivity contribution in [3.8, 4) is 23.6 Å².